The minimum Gasteiger partial charge on any atom is -0.393 e. The number of aliphatic hydroxyl groups is 1. The second-order valence-electron chi connectivity index (χ2n) is 6.09. The van der Waals surface area contributed by atoms with Gasteiger partial charge in [-0.05, 0) is 44.2 Å². The minimum absolute atomic E-state index is 0.0849. The molecule has 1 unspecified atom stereocenters. The van der Waals surface area contributed by atoms with E-state index in [0.717, 1.165) is 43.3 Å². The van der Waals surface area contributed by atoms with Crippen molar-refractivity contribution in [3.8, 4) is 0 Å². The molecule has 1 aromatic heterocycles. The molecular formula is C17H22N2O2. The Morgan fingerprint density at radius 3 is 2.76 bits per heavy atom. The number of aliphatic hydroxyl groups excluding tert-OH is 1. The predicted molar refractivity (Wildman–Crippen MR) is 83.2 cm³/mol. The van der Waals surface area contributed by atoms with Crippen molar-refractivity contribution in [2.75, 3.05) is 13.1 Å². The van der Waals surface area contributed by atoms with Crippen molar-refractivity contribution < 1.29 is 9.90 Å². The first-order valence-corrected chi connectivity index (χ1v) is 7.68. The van der Waals surface area contributed by atoms with Crippen molar-refractivity contribution in [3.05, 3.63) is 36.0 Å². The maximum atomic E-state index is 12.5. The predicted octanol–water partition coefficient (Wildman–Crippen LogP) is 2.79. The van der Waals surface area contributed by atoms with Gasteiger partial charge in [-0.1, -0.05) is 18.2 Å². The van der Waals surface area contributed by atoms with Gasteiger partial charge in [-0.15, -0.1) is 0 Å². The van der Waals surface area contributed by atoms with E-state index in [2.05, 4.69) is 4.98 Å². The summed E-state index contributed by atoms with van der Waals surface area (Å²) in [5, 5.41) is 10.5. The molecule has 3 rings (SSSR count). The zero-order valence-electron chi connectivity index (χ0n) is 12.4. The number of amides is 1. The van der Waals surface area contributed by atoms with Gasteiger partial charge >= 0.3 is 0 Å². The molecule has 0 saturated carbocycles. The molecule has 0 aliphatic carbocycles. The Balaban J connectivity index is 1.66. The normalized spacial score (nSPS) is 18.1. The molecule has 0 bridgehead atoms. The first-order valence-electron chi connectivity index (χ1n) is 7.68. The van der Waals surface area contributed by atoms with Gasteiger partial charge in [0.2, 0.25) is 0 Å². The van der Waals surface area contributed by atoms with E-state index < -0.39 is 0 Å². The molecule has 1 atom stereocenters. The average molecular weight is 286 g/mol. The number of nitrogens with one attached hydrogen (secondary N) is 1. The van der Waals surface area contributed by atoms with Gasteiger partial charge in [0.1, 0.15) is 5.69 Å². The Hall–Kier alpha value is -1.81. The van der Waals surface area contributed by atoms with Crippen molar-refractivity contribution in [1.82, 2.24) is 9.88 Å². The molecular weight excluding hydrogens is 264 g/mol. The zero-order chi connectivity index (χ0) is 14.8. The summed E-state index contributed by atoms with van der Waals surface area (Å²) in [6, 6.07) is 9.87. The molecule has 1 saturated heterocycles. The van der Waals surface area contributed by atoms with Gasteiger partial charge in [0.05, 0.1) is 6.10 Å². The summed E-state index contributed by atoms with van der Waals surface area (Å²) in [6.45, 7) is 3.40. The fraction of sp³-hybridized carbons (Fsp3) is 0.471. The number of aromatic nitrogens is 1. The van der Waals surface area contributed by atoms with Crippen LogP contribution in [0.3, 0.4) is 0 Å². The van der Waals surface area contributed by atoms with Crippen molar-refractivity contribution in [1.29, 1.82) is 0 Å². The molecule has 1 aliphatic rings. The number of benzene rings is 1. The maximum Gasteiger partial charge on any atom is 0.270 e. The van der Waals surface area contributed by atoms with Crippen LogP contribution in [-0.2, 0) is 0 Å². The standard InChI is InChI=1S/C17H22N2O2/c1-12(20)10-13-6-8-19(9-7-13)17(21)16-11-14-4-2-3-5-15(14)18-16/h2-5,11-13,18,20H,6-10H2,1H3. The van der Waals surface area contributed by atoms with Crippen LogP contribution in [0, 0.1) is 5.92 Å². The van der Waals surface area contributed by atoms with E-state index in [0.29, 0.717) is 11.6 Å². The number of carbonyl (C=O) groups is 1. The number of nitrogens with zero attached hydrogens (tertiary/aromatic N) is 1. The van der Waals surface area contributed by atoms with Crippen LogP contribution in [0.2, 0.25) is 0 Å². The second-order valence-corrected chi connectivity index (χ2v) is 6.09. The smallest absolute Gasteiger partial charge is 0.270 e. The fourth-order valence-corrected chi connectivity index (χ4v) is 3.21. The quantitative estimate of drug-likeness (QED) is 0.911. The number of para-hydroxylation sites is 1. The van der Waals surface area contributed by atoms with Crippen LogP contribution < -0.4 is 0 Å². The molecule has 0 radical (unpaired) electrons. The van der Waals surface area contributed by atoms with Crippen LogP contribution in [0.25, 0.3) is 10.9 Å². The number of piperidine rings is 1. The van der Waals surface area contributed by atoms with E-state index >= 15 is 0 Å². The number of hydrogen-bond acceptors (Lipinski definition) is 2. The highest BCUT2D eigenvalue weighted by Crippen LogP contribution is 2.24. The number of aromatic amines is 1. The van der Waals surface area contributed by atoms with Crippen LogP contribution in [0.4, 0.5) is 0 Å². The molecule has 2 heterocycles. The Bertz CT molecular complexity index is 592. The molecule has 1 aliphatic heterocycles. The van der Waals surface area contributed by atoms with Gasteiger partial charge in [-0.2, -0.15) is 0 Å². The third kappa shape index (κ3) is 3.10. The lowest BCUT2D eigenvalue weighted by Gasteiger charge is -2.32. The van der Waals surface area contributed by atoms with Crippen molar-refractivity contribution in [2.45, 2.75) is 32.3 Å². The first kappa shape index (κ1) is 14.1. The summed E-state index contributed by atoms with van der Waals surface area (Å²) in [5.74, 6) is 0.624. The average Bonchev–Trinajstić information content (AvgIpc) is 2.90. The van der Waals surface area contributed by atoms with E-state index in [4.69, 9.17) is 0 Å². The topological polar surface area (TPSA) is 56.3 Å². The van der Waals surface area contributed by atoms with Gasteiger partial charge in [0.25, 0.3) is 5.91 Å². The van der Waals surface area contributed by atoms with Crippen LogP contribution in [-0.4, -0.2) is 40.1 Å². The van der Waals surface area contributed by atoms with E-state index in [1.807, 2.05) is 42.2 Å². The van der Waals surface area contributed by atoms with Gasteiger partial charge in [-0.25, -0.2) is 0 Å². The number of hydrogen-bond donors (Lipinski definition) is 2. The zero-order valence-corrected chi connectivity index (χ0v) is 12.4. The van der Waals surface area contributed by atoms with Crippen LogP contribution in [0.15, 0.2) is 30.3 Å². The number of H-pyrrole nitrogens is 1. The summed E-state index contributed by atoms with van der Waals surface area (Å²) < 4.78 is 0. The van der Waals surface area contributed by atoms with Gasteiger partial charge in [-0.3, -0.25) is 4.79 Å². The van der Waals surface area contributed by atoms with Crippen molar-refractivity contribution in [3.63, 3.8) is 0 Å². The highest BCUT2D eigenvalue weighted by Gasteiger charge is 2.25. The Morgan fingerprint density at radius 1 is 1.38 bits per heavy atom. The van der Waals surface area contributed by atoms with E-state index in [-0.39, 0.29) is 12.0 Å². The molecule has 1 fully saturated rings. The molecule has 1 aromatic carbocycles. The van der Waals surface area contributed by atoms with Crippen molar-refractivity contribution in [2.24, 2.45) is 5.92 Å². The molecule has 2 N–H and O–H groups in total. The lowest BCUT2D eigenvalue weighted by atomic mass is 9.91. The summed E-state index contributed by atoms with van der Waals surface area (Å²) in [6.07, 6.45) is 2.56. The number of rotatable bonds is 3. The first-order chi connectivity index (χ1) is 10.1. The summed E-state index contributed by atoms with van der Waals surface area (Å²) in [4.78, 5) is 17.7. The molecule has 4 heteroatoms. The molecule has 0 spiro atoms. The number of likely N-dealkylation sites (tertiary alicyclic amines) is 1. The van der Waals surface area contributed by atoms with Crippen LogP contribution in [0.1, 0.15) is 36.7 Å². The lowest BCUT2D eigenvalue weighted by molar-refractivity contribution is 0.0650. The van der Waals surface area contributed by atoms with Crippen LogP contribution in [0.5, 0.6) is 0 Å². The monoisotopic (exact) mass is 286 g/mol. The highest BCUT2D eigenvalue weighted by molar-refractivity contribution is 5.98. The Kier molecular flexibility index (Phi) is 3.97. The minimum atomic E-state index is -0.244. The summed E-state index contributed by atoms with van der Waals surface area (Å²) in [5.41, 5.74) is 1.68. The van der Waals surface area contributed by atoms with Gasteiger partial charge < -0.3 is 15.0 Å². The molecule has 4 nitrogen and oxygen atoms in total. The van der Waals surface area contributed by atoms with Crippen LogP contribution >= 0.6 is 0 Å². The Morgan fingerprint density at radius 2 is 2.10 bits per heavy atom. The van der Waals surface area contributed by atoms with E-state index in [1.54, 1.807) is 0 Å². The van der Waals surface area contributed by atoms with Gasteiger partial charge in [0, 0.05) is 24.0 Å². The number of carbonyl (C=O) groups excluding carboxylic acids is 1. The molecule has 21 heavy (non-hydrogen) atoms. The van der Waals surface area contributed by atoms with Crippen molar-refractivity contribution >= 4 is 16.8 Å². The second kappa shape index (κ2) is 5.90. The number of fused-ring (bicyclic) bond motifs is 1. The molecule has 1 amide bonds. The van der Waals surface area contributed by atoms with Gasteiger partial charge in [0.15, 0.2) is 0 Å². The fourth-order valence-electron chi connectivity index (χ4n) is 3.21. The van der Waals surface area contributed by atoms with E-state index in [9.17, 15) is 9.90 Å². The molecule has 112 valence electrons. The third-order valence-corrected chi connectivity index (χ3v) is 4.34. The summed E-state index contributed by atoms with van der Waals surface area (Å²) >= 11 is 0. The third-order valence-electron chi connectivity index (χ3n) is 4.34. The maximum absolute atomic E-state index is 12.5. The largest absolute Gasteiger partial charge is 0.393 e. The SMILES string of the molecule is CC(O)CC1CCN(C(=O)c2cc3ccccc3[nH]2)CC1. The van der Waals surface area contributed by atoms with E-state index in [1.165, 1.54) is 0 Å². The lowest BCUT2D eigenvalue weighted by Crippen LogP contribution is -2.39. The molecule has 2 aromatic rings. The summed E-state index contributed by atoms with van der Waals surface area (Å²) in [7, 11) is 0. The highest BCUT2D eigenvalue weighted by atomic mass is 16.3. The Labute approximate surface area is 124 Å².